The van der Waals surface area contributed by atoms with Crippen molar-refractivity contribution < 1.29 is 4.79 Å². The first-order valence-electron chi connectivity index (χ1n) is 5.26. The second-order valence-electron chi connectivity index (χ2n) is 3.62. The number of carbonyl (C=O) groups is 1. The van der Waals surface area contributed by atoms with Crippen molar-refractivity contribution in [2.45, 2.75) is 26.3 Å². The average Bonchev–Trinajstić information content (AvgIpc) is 2.69. The molecule has 2 rings (SSSR count). The van der Waals surface area contributed by atoms with Gasteiger partial charge in [-0.3, -0.25) is 9.48 Å². The molecule has 2 aromatic rings. The topological polar surface area (TPSA) is 34.9 Å². The Morgan fingerprint density at radius 1 is 1.47 bits per heavy atom. The fourth-order valence-electron chi connectivity index (χ4n) is 1.71. The van der Waals surface area contributed by atoms with Crippen molar-refractivity contribution in [3.8, 4) is 0 Å². The van der Waals surface area contributed by atoms with Crippen LogP contribution in [0.5, 0.6) is 0 Å². The molecule has 3 nitrogen and oxygen atoms in total. The highest BCUT2D eigenvalue weighted by Gasteiger charge is 2.05. The lowest BCUT2D eigenvalue weighted by atomic mass is 10.1. The summed E-state index contributed by atoms with van der Waals surface area (Å²) in [4.78, 5) is 10.8. The molecule has 0 radical (unpaired) electrons. The number of aromatic nitrogens is 2. The molecule has 3 heteroatoms. The van der Waals surface area contributed by atoms with Gasteiger partial charge in [0.15, 0.2) is 6.29 Å². The zero-order chi connectivity index (χ0) is 10.7. The zero-order valence-corrected chi connectivity index (χ0v) is 8.81. The number of fused-ring (bicyclic) bond motifs is 1. The molecule has 0 atom stereocenters. The van der Waals surface area contributed by atoms with Gasteiger partial charge in [0.2, 0.25) is 0 Å². The molecule has 0 spiro atoms. The Hall–Kier alpha value is -1.64. The molecular weight excluding hydrogens is 188 g/mol. The van der Waals surface area contributed by atoms with Crippen LogP contribution in [0.15, 0.2) is 24.4 Å². The summed E-state index contributed by atoms with van der Waals surface area (Å²) in [5, 5.41) is 5.25. The van der Waals surface area contributed by atoms with Gasteiger partial charge < -0.3 is 0 Å². The first kappa shape index (κ1) is 9.90. The highest BCUT2D eigenvalue weighted by atomic mass is 16.1. The minimum Gasteiger partial charge on any atom is -0.298 e. The summed E-state index contributed by atoms with van der Waals surface area (Å²) in [6.45, 7) is 3.07. The van der Waals surface area contributed by atoms with Crippen LogP contribution in [0.3, 0.4) is 0 Å². The van der Waals surface area contributed by atoms with Crippen molar-refractivity contribution in [2.24, 2.45) is 0 Å². The van der Waals surface area contributed by atoms with Gasteiger partial charge in [-0.1, -0.05) is 25.5 Å². The summed E-state index contributed by atoms with van der Waals surface area (Å²) in [5.74, 6) is 0. The standard InChI is InChI=1S/C12H14N2O/c1-2-3-7-14-12-6-4-5-10(9-15)11(12)8-13-14/h4-6,8-9H,2-3,7H2,1H3. The maximum Gasteiger partial charge on any atom is 0.150 e. The van der Waals surface area contributed by atoms with E-state index in [2.05, 4.69) is 12.0 Å². The molecule has 0 aliphatic carbocycles. The van der Waals surface area contributed by atoms with E-state index < -0.39 is 0 Å². The SMILES string of the molecule is CCCCn1ncc2c(C=O)cccc21. The molecule has 1 aromatic carbocycles. The van der Waals surface area contributed by atoms with E-state index in [9.17, 15) is 4.79 Å². The van der Waals surface area contributed by atoms with E-state index in [1.165, 1.54) is 0 Å². The number of hydrogen-bond acceptors (Lipinski definition) is 2. The van der Waals surface area contributed by atoms with Gasteiger partial charge in [0.25, 0.3) is 0 Å². The van der Waals surface area contributed by atoms with Crippen LogP contribution < -0.4 is 0 Å². The smallest absolute Gasteiger partial charge is 0.150 e. The second kappa shape index (κ2) is 4.26. The minimum atomic E-state index is 0.718. The van der Waals surface area contributed by atoms with Gasteiger partial charge in [0, 0.05) is 17.5 Å². The number of aryl methyl sites for hydroxylation is 1. The molecule has 15 heavy (non-hydrogen) atoms. The number of nitrogens with zero attached hydrogens (tertiary/aromatic N) is 2. The van der Waals surface area contributed by atoms with E-state index in [1.54, 1.807) is 6.20 Å². The summed E-state index contributed by atoms with van der Waals surface area (Å²) < 4.78 is 1.96. The van der Waals surface area contributed by atoms with E-state index in [0.717, 1.165) is 42.1 Å². The van der Waals surface area contributed by atoms with Crippen LogP contribution in [-0.2, 0) is 6.54 Å². The molecule has 0 unspecified atom stereocenters. The van der Waals surface area contributed by atoms with E-state index >= 15 is 0 Å². The molecule has 1 aromatic heterocycles. The number of benzene rings is 1. The van der Waals surface area contributed by atoms with Crippen LogP contribution in [0.25, 0.3) is 10.9 Å². The summed E-state index contributed by atoms with van der Waals surface area (Å²) in [7, 11) is 0. The Morgan fingerprint density at radius 3 is 3.07 bits per heavy atom. The molecule has 78 valence electrons. The molecule has 0 saturated heterocycles. The molecule has 0 aliphatic heterocycles. The number of unbranched alkanes of at least 4 members (excludes halogenated alkanes) is 1. The van der Waals surface area contributed by atoms with Crippen molar-refractivity contribution >= 4 is 17.2 Å². The Morgan fingerprint density at radius 2 is 2.33 bits per heavy atom. The molecule has 0 amide bonds. The monoisotopic (exact) mass is 202 g/mol. The van der Waals surface area contributed by atoms with E-state index in [4.69, 9.17) is 0 Å². The lowest BCUT2D eigenvalue weighted by Gasteiger charge is -2.01. The third kappa shape index (κ3) is 1.77. The highest BCUT2D eigenvalue weighted by Crippen LogP contribution is 2.17. The number of hydrogen-bond donors (Lipinski definition) is 0. The van der Waals surface area contributed by atoms with Gasteiger partial charge in [0.05, 0.1) is 11.7 Å². The molecule has 0 N–H and O–H groups in total. The van der Waals surface area contributed by atoms with Crippen molar-refractivity contribution in [3.05, 3.63) is 30.0 Å². The third-order valence-corrected chi connectivity index (χ3v) is 2.57. The van der Waals surface area contributed by atoms with Crippen LogP contribution in [0.4, 0.5) is 0 Å². The lowest BCUT2D eigenvalue weighted by Crippen LogP contribution is -1.99. The van der Waals surface area contributed by atoms with Gasteiger partial charge >= 0.3 is 0 Å². The Kier molecular flexibility index (Phi) is 2.81. The summed E-state index contributed by atoms with van der Waals surface area (Å²) >= 11 is 0. The van der Waals surface area contributed by atoms with Crippen LogP contribution in [0.2, 0.25) is 0 Å². The van der Waals surface area contributed by atoms with Crippen LogP contribution in [0, 0.1) is 0 Å². The minimum absolute atomic E-state index is 0.718. The molecule has 0 saturated carbocycles. The number of carbonyl (C=O) groups excluding carboxylic acids is 1. The fraction of sp³-hybridized carbons (Fsp3) is 0.333. The second-order valence-corrected chi connectivity index (χ2v) is 3.62. The highest BCUT2D eigenvalue weighted by molar-refractivity contribution is 5.96. The van der Waals surface area contributed by atoms with Crippen molar-refractivity contribution in [3.63, 3.8) is 0 Å². The van der Waals surface area contributed by atoms with E-state index in [1.807, 2.05) is 22.9 Å². The Bertz CT molecular complexity index is 473. The van der Waals surface area contributed by atoms with Crippen LogP contribution >= 0.6 is 0 Å². The fourth-order valence-corrected chi connectivity index (χ4v) is 1.71. The molecule has 0 bridgehead atoms. The predicted molar refractivity (Wildman–Crippen MR) is 60.0 cm³/mol. The van der Waals surface area contributed by atoms with Crippen molar-refractivity contribution in [1.82, 2.24) is 9.78 Å². The molecule has 0 fully saturated rings. The Balaban J connectivity index is 2.46. The van der Waals surface area contributed by atoms with Crippen LogP contribution in [-0.4, -0.2) is 16.1 Å². The van der Waals surface area contributed by atoms with Gasteiger partial charge in [0.1, 0.15) is 0 Å². The van der Waals surface area contributed by atoms with Gasteiger partial charge in [-0.15, -0.1) is 0 Å². The zero-order valence-electron chi connectivity index (χ0n) is 8.81. The lowest BCUT2D eigenvalue weighted by molar-refractivity contribution is 0.112. The van der Waals surface area contributed by atoms with Gasteiger partial charge in [-0.2, -0.15) is 5.10 Å². The number of rotatable bonds is 4. The summed E-state index contributed by atoms with van der Waals surface area (Å²) in [5.41, 5.74) is 1.77. The van der Waals surface area contributed by atoms with E-state index in [-0.39, 0.29) is 0 Å². The third-order valence-electron chi connectivity index (χ3n) is 2.57. The Labute approximate surface area is 88.7 Å². The van der Waals surface area contributed by atoms with Gasteiger partial charge in [-0.05, 0) is 12.5 Å². The summed E-state index contributed by atoms with van der Waals surface area (Å²) in [6.07, 6.45) is 4.92. The van der Waals surface area contributed by atoms with Crippen molar-refractivity contribution in [1.29, 1.82) is 0 Å². The normalized spacial score (nSPS) is 10.7. The van der Waals surface area contributed by atoms with Gasteiger partial charge in [-0.25, -0.2) is 0 Å². The quantitative estimate of drug-likeness (QED) is 0.714. The van der Waals surface area contributed by atoms with E-state index in [0.29, 0.717) is 0 Å². The largest absolute Gasteiger partial charge is 0.298 e. The first-order chi connectivity index (χ1) is 7.36. The van der Waals surface area contributed by atoms with Crippen LogP contribution in [0.1, 0.15) is 30.1 Å². The maximum atomic E-state index is 10.8. The molecule has 1 heterocycles. The first-order valence-corrected chi connectivity index (χ1v) is 5.26. The predicted octanol–water partition coefficient (Wildman–Crippen LogP) is 2.65. The average molecular weight is 202 g/mol. The molecular formula is C12H14N2O. The number of aldehydes is 1. The summed E-state index contributed by atoms with van der Waals surface area (Å²) in [6, 6.07) is 5.72. The maximum absolute atomic E-state index is 10.8. The van der Waals surface area contributed by atoms with Crippen molar-refractivity contribution in [2.75, 3.05) is 0 Å². The molecule has 0 aliphatic rings.